The van der Waals surface area contributed by atoms with Crippen LogP contribution < -0.4 is 5.32 Å². The third-order valence-corrected chi connectivity index (χ3v) is 5.29. The molecule has 122 valence electrons. The number of imidazole rings is 1. The van der Waals surface area contributed by atoms with Crippen LogP contribution >= 0.6 is 0 Å². The number of aryl methyl sites for hydroxylation is 1. The Labute approximate surface area is 134 Å². The van der Waals surface area contributed by atoms with Crippen LogP contribution in [-0.4, -0.2) is 36.6 Å². The number of carbonyl (C=O) groups excluding carboxylic acids is 1. The van der Waals surface area contributed by atoms with E-state index in [0.29, 0.717) is 13.0 Å². The fourth-order valence-corrected chi connectivity index (χ4v) is 4.09. The van der Waals surface area contributed by atoms with Crippen molar-refractivity contribution in [3.05, 3.63) is 41.1 Å². The molecule has 1 aromatic carbocycles. The number of benzene rings is 1. The number of amides is 1. The van der Waals surface area contributed by atoms with Gasteiger partial charge in [0.2, 0.25) is 5.91 Å². The first-order valence-electron chi connectivity index (χ1n) is 7.54. The molecule has 2 aromatic rings. The Bertz CT molecular complexity index is 868. The minimum atomic E-state index is -3.10. The number of nitrogens with zero attached hydrogens (tertiary/aromatic N) is 1. The van der Waals surface area contributed by atoms with Gasteiger partial charge in [0.05, 0.1) is 16.8 Å². The molecule has 6 nitrogen and oxygen atoms in total. The Morgan fingerprint density at radius 2 is 2.26 bits per heavy atom. The molecule has 1 aliphatic heterocycles. The third kappa shape index (κ3) is 3.98. The number of H-pyrrole nitrogens is 1. The number of fused-ring (bicyclic) bond motifs is 1. The molecule has 1 atom stereocenters. The molecule has 1 aromatic heterocycles. The molecular weight excluding hydrogens is 314 g/mol. The second-order valence-corrected chi connectivity index (χ2v) is 7.86. The van der Waals surface area contributed by atoms with Gasteiger partial charge in [-0.3, -0.25) is 4.79 Å². The van der Waals surface area contributed by atoms with Gasteiger partial charge in [0.1, 0.15) is 5.82 Å². The zero-order valence-corrected chi connectivity index (χ0v) is 13.7. The molecule has 0 aliphatic carbocycles. The summed E-state index contributed by atoms with van der Waals surface area (Å²) in [7, 11) is -3.10. The summed E-state index contributed by atoms with van der Waals surface area (Å²) in [4.78, 5) is 19.6. The van der Waals surface area contributed by atoms with E-state index in [-0.39, 0.29) is 24.0 Å². The van der Waals surface area contributed by atoms with E-state index in [1.54, 1.807) is 6.08 Å². The highest BCUT2D eigenvalue weighted by molar-refractivity contribution is 7.94. The van der Waals surface area contributed by atoms with Crippen molar-refractivity contribution in [3.8, 4) is 0 Å². The van der Waals surface area contributed by atoms with E-state index in [9.17, 15) is 13.2 Å². The quantitative estimate of drug-likeness (QED) is 0.867. The molecule has 0 saturated carbocycles. The van der Waals surface area contributed by atoms with Crippen LogP contribution in [-0.2, 0) is 21.1 Å². The van der Waals surface area contributed by atoms with Gasteiger partial charge in [-0.15, -0.1) is 0 Å². The molecular formula is C16H19N3O3S. The number of hydrogen-bond donors (Lipinski definition) is 2. The smallest absolute Gasteiger partial charge is 0.220 e. The number of aromatic nitrogens is 2. The standard InChI is InChI=1S/C16H19N3O3S/c1-11-2-3-13-14(8-11)19-15(18-13)4-6-17-16(20)9-12-5-7-23(21,22)10-12/h2-3,5,7-8,12H,4,6,9-10H2,1H3,(H,17,20)(H,18,19)/t12-/m1/s1. The number of allylic oxidation sites excluding steroid dienone is 1. The average molecular weight is 333 g/mol. The normalized spacial score (nSPS) is 19.3. The molecule has 23 heavy (non-hydrogen) atoms. The summed E-state index contributed by atoms with van der Waals surface area (Å²) < 4.78 is 22.6. The molecule has 0 fully saturated rings. The zero-order valence-electron chi connectivity index (χ0n) is 12.9. The maximum atomic E-state index is 11.8. The van der Waals surface area contributed by atoms with Gasteiger partial charge in [0.25, 0.3) is 0 Å². The highest BCUT2D eigenvalue weighted by Crippen LogP contribution is 2.18. The third-order valence-electron chi connectivity index (χ3n) is 3.82. The summed E-state index contributed by atoms with van der Waals surface area (Å²) in [5, 5.41) is 4.01. The van der Waals surface area contributed by atoms with Crippen LogP contribution in [0, 0.1) is 12.8 Å². The van der Waals surface area contributed by atoms with E-state index in [1.807, 2.05) is 25.1 Å². The van der Waals surface area contributed by atoms with Crippen LogP contribution in [0.3, 0.4) is 0 Å². The van der Waals surface area contributed by atoms with Gasteiger partial charge in [0.15, 0.2) is 9.84 Å². The number of nitrogens with one attached hydrogen (secondary N) is 2. The van der Waals surface area contributed by atoms with Crippen molar-refractivity contribution >= 4 is 26.8 Å². The van der Waals surface area contributed by atoms with E-state index in [4.69, 9.17) is 0 Å². The van der Waals surface area contributed by atoms with Crippen molar-refractivity contribution in [1.29, 1.82) is 0 Å². The first-order valence-corrected chi connectivity index (χ1v) is 9.26. The second-order valence-electron chi connectivity index (χ2n) is 5.93. The summed E-state index contributed by atoms with van der Waals surface area (Å²) >= 11 is 0. The van der Waals surface area contributed by atoms with Crippen LogP contribution in [0.15, 0.2) is 29.7 Å². The van der Waals surface area contributed by atoms with Crippen LogP contribution in [0.4, 0.5) is 0 Å². The number of sulfone groups is 1. The highest BCUT2D eigenvalue weighted by atomic mass is 32.2. The van der Waals surface area contributed by atoms with Gasteiger partial charge in [-0.05, 0) is 24.6 Å². The van der Waals surface area contributed by atoms with E-state index in [0.717, 1.165) is 16.9 Å². The number of carbonyl (C=O) groups is 1. The van der Waals surface area contributed by atoms with Crippen molar-refractivity contribution in [2.75, 3.05) is 12.3 Å². The maximum absolute atomic E-state index is 11.8. The summed E-state index contributed by atoms with van der Waals surface area (Å²) in [6.45, 7) is 2.50. The molecule has 0 spiro atoms. The van der Waals surface area contributed by atoms with Crippen LogP contribution in [0.1, 0.15) is 17.8 Å². The molecule has 2 N–H and O–H groups in total. The van der Waals surface area contributed by atoms with Gasteiger partial charge >= 0.3 is 0 Å². The molecule has 2 heterocycles. The fraction of sp³-hybridized carbons (Fsp3) is 0.375. The molecule has 1 amide bonds. The summed E-state index contributed by atoms with van der Waals surface area (Å²) in [5.41, 5.74) is 3.08. The Morgan fingerprint density at radius 3 is 3.00 bits per heavy atom. The topological polar surface area (TPSA) is 91.9 Å². The minimum absolute atomic E-state index is 0.0311. The first kappa shape index (κ1) is 15.7. The molecule has 0 saturated heterocycles. The summed E-state index contributed by atoms with van der Waals surface area (Å²) in [6, 6.07) is 6.02. The van der Waals surface area contributed by atoms with Gasteiger partial charge in [-0.2, -0.15) is 0 Å². The Kier molecular flexibility index (Phi) is 4.21. The SMILES string of the molecule is Cc1ccc2nc(CCNC(=O)C[C@H]3C=CS(=O)(=O)C3)[nH]c2c1. The lowest BCUT2D eigenvalue weighted by Crippen LogP contribution is -2.28. The number of rotatable bonds is 5. The van der Waals surface area contributed by atoms with Crippen molar-refractivity contribution in [2.45, 2.75) is 19.8 Å². The van der Waals surface area contributed by atoms with Crippen LogP contribution in [0.25, 0.3) is 11.0 Å². The lowest BCUT2D eigenvalue weighted by molar-refractivity contribution is -0.121. The maximum Gasteiger partial charge on any atom is 0.220 e. The van der Waals surface area contributed by atoms with Gasteiger partial charge < -0.3 is 10.3 Å². The minimum Gasteiger partial charge on any atom is -0.356 e. The average Bonchev–Trinajstić information content (AvgIpc) is 3.01. The Balaban J connectivity index is 1.48. The second kappa shape index (κ2) is 6.16. The number of aromatic amines is 1. The molecule has 7 heteroatoms. The van der Waals surface area contributed by atoms with Crippen LogP contribution in [0.2, 0.25) is 0 Å². The Morgan fingerprint density at radius 1 is 1.43 bits per heavy atom. The van der Waals surface area contributed by atoms with E-state index in [1.165, 1.54) is 11.0 Å². The van der Waals surface area contributed by atoms with Gasteiger partial charge in [-0.1, -0.05) is 12.1 Å². The first-order chi connectivity index (χ1) is 10.9. The molecule has 0 radical (unpaired) electrons. The predicted octanol–water partition coefficient (Wildman–Crippen LogP) is 1.48. The Hall–Kier alpha value is -2.15. The van der Waals surface area contributed by atoms with E-state index in [2.05, 4.69) is 15.3 Å². The van der Waals surface area contributed by atoms with E-state index >= 15 is 0 Å². The predicted molar refractivity (Wildman–Crippen MR) is 88.6 cm³/mol. The molecule has 3 rings (SSSR count). The number of hydrogen-bond acceptors (Lipinski definition) is 4. The highest BCUT2D eigenvalue weighted by Gasteiger charge is 2.23. The van der Waals surface area contributed by atoms with Crippen molar-refractivity contribution in [3.63, 3.8) is 0 Å². The van der Waals surface area contributed by atoms with Gasteiger partial charge in [-0.25, -0.2) is 13.4 Å². The van der Waals surface area contributed by atoms with Crippen LogP contribution in [0.5, 0.6) is 0 Å². The largest absolute Gasteiger partial charge is 0.356 e. The van der Waals surface area contributed by atoms with Gasteiger partial charge in [0, 0.05) is 30.7 Å². The van der Waals surface area contributed by atoms with Crippen molar-refractivity contribution < 1.29 is 13.2 Å². The van der Waals surface area contributed by atoms with Crippen molar-refractivity contribution in [1.82, 2.24) is 15.3 Å². The lowest BCUT2D eigenvalue weighted by atomic mass is 10.1. The fourth-order valence-electron chi connectivity index (χ4n) is 2.69. The molecule has 0 bridgehead atoms. The zero-order chi connectivity index (χ0) is 16.4. The summed E-state index contributed by atoms with van der Waals surface area (Å²) in [6.07, 6.45) is 2.41. The lowest BCUT2D eigenvalue weighted by Gasteiger charge is -2.07. The van der Waals surface area contributed by atoms with Crippen molar-refractivity contribution in [2.24, 2.45) is 5.92 Å². The monoisotopic (exact) mass is 333 g/mol. The summed E-state index contributed by atoms with van der Waals surface area (Å²) in [5.74, 6) is 0.510. The molecule has 1 aliphatic rings. The van der Waals surface area contributed by atoms with E-state index < -0.39 is 9.84 Å². The molecule has 0 unspecified atom stereocenters.